The molecule has 0 fully saturated rings. The van der Waals surface area contributed by atoms with Gasteiger partial charge in [-0.3, -0.25) is 0 Å². The van der Waals surface area contributed by atoms with Gasteiger partial charge in [-0.25, -0.2) is 15.0 Å². The average molecular weight is 416 g/mol. The number of alkyl halides is 3. The van der Waals surface area contributed by atoms with Gasteiger partial charge in [-0.1, -0.05) is 54.2 Å². The highest BCUT2D eigenvalue weighted by atomic mass is 32.2. The van der Waals surface area contributed by atoms with Gasteiger partial charge < -0.3 is 9.72 Å². The molecule has 0 radical (unpaired) electrons. The van der Waals surface area contributed by atoms with Crippen LogP contribution in [0.5, 0.6) is 5.75 Å². The minimum Gasteiger partial charge on any atom is -0.406 e. The number of thioether (sulfide) groups is 1. The maximum Gasteiger partial charge on any atom is 0.573 e. The highest BCUT2D eigenvalue weighted by Gasteiger charge is 2.31. The lowest BCUT2D eigenvalue weighted by Gasteiger charge is -2.10. The van der Waals surface area contributed by atoms with Crippen molar-refractivity contribution >= 4 is 22.9 Å². The Bertz CT molecular complexity index is 1120. The summed E-state index contributed by atoms with van der Waals surface area (Å²) in [7, 11) is 0. The van der Waals surface area contributed by atoms with Crippen LogP contribution in [0, 0.1) is 0 Å². The minimum atomic E-state index is -4.72. The monoisotopic (exact) mass is 416 g/mol. The van der Waals surface area contributed by atoms with Crippen molar-refractivity contribution in [2.75, 3.05) is 0 Å². The van der Waals surface area contributed by atoms with E-state index in [1.165, 1.54) is 30.0 Å². The predicted molar refractivity (Wildman–Crippen MR) is 104 cm³/mol. The average Bonchev–Trinajstić information content (AvgIpc) is 3.15. The molecule has 0 bridgehead atoms. The van der Waals surface area contributed by atoms with Crippen molar-refractivity contribution in [1.82, 2.24) is 19.9 Å². The molecule has 4 aromatic rings. The lowest BCUT2D eigenvalue weighted by Crippen LogP contribution is -2.17. The largest absolute Gasteiger partial charge is 0.573 e. The van der Waals surface area contributed by atoms with E-state index < -0.39 is 6.36 Å². The summed E-state index contributed by atoms with van der Waals surface area (Å²) in [6.45, 7) is 0. The minimum absolute atomic E-state index is 0.245. The van der Waals surface area contributed by atoms with Crippen molar-refractivity contribution in [2.45, 2.75) is 23.7 Å². The predicted octanol–water partition coefficient (Wildman–Crippen LogP) is 5.13. The van der Waals surface area contributed by atoms with Gasteiger partial charge in [-0.05, 0) is 23.3 Å². The number of nitrogens with zero attached hydrogens (tertiary/aromatic N) is 3. The molecule has 0 aliphatic heterocycles. The first kappa shape index (κ1) is 19.3. The highest BCUT2D eigenvalue weighted by molar-refractivity contribution is 7.98. The summed E-state index contributed by atoms with van der Waals surface area (Å²) >= 11 is 1.34. The zero-order valence-corrected chi connectivity index (χ0v) is 15.8. The van der Waals surface area contributed by atoms with Gasteiger partial charge in [0.25, 0.3) is 0 Å². The summed E-state index contributed by atoms with van der Waals surface area (Å²) in [5, 5.41) is 0.523. The van der Waals surface area contributed by atoms with Crippen LogP contribution in [0.4, 0.5) is 13.2 Å². The molecular formula is C20H15F3N4OS. The summed E-state index contributed by atoms with van der Waals surface area (Å²) in [5.41, 5.74) is 3.90. The van der Waals surface area contributed by atoms with E-state index in [1.54, 1.807) is 12.4 Å². The van der Waals surface area contributed by atoms with Crippen molar-refractivity contribution in [3.8, 4) is 5.75 Å². The number of fused-ring (bicyclic) bond motifs is 1. The van der Waals surface area contributed by atoms with Crippen LogP contribution in [0.3, 0.4) is 0 Å². The Hall–Kier alpha value is -3.07. The van der Waals surface area contributed by atoms with Crippen LogP contribution in [-0.2, 0) is 12.2 Å². The molecule has 0 atom stereocenters. The third kappa shape index (κ3) is 5.05. The van der Waals surface area contributed by atoms with Gasteiger partial charge in [-0.15, -0.1) is 13.2 Å². The number of halogens is 3. The molecule has 5 nitrogen and oxygen atoms in total. The molecule has 0 aliphatic carbocycles. The Morgan fingerprint density at radius 1 is 0.966 bits per heavy atom. The van der Waals surface area contributed by atoms with Crippen molar-refractivity contribution in [3.63, 3.8) is 0 Å². The molecule has 1 N–H and O–H groups in total. The summed E-state index contributed by atoms with van der Waals surface area (Å²) in [4.78, 5) is 16.4. The molecule has 2 aromatic heterocycles. The molecule has 0 aliphatic rings. The number of nitrogens with one attached hydrogen (secondary N) is 1. The van der Waals surface area contributed by atoms with Gasteiger partial charge in [0.2, 0.25) is 0 Å². The van der Waals surface area contributed by atoms with E-state index in [9.17, 15) is 13.2 Å². The fourth-order valence-corrected chi connectivity index (χ4v) is 3.64. The van der Waals surface area contributed by atoms with Crippen LogP contribution in [-0.4, -0.2) is 26.3 Å². The summed E-state index contributed by atoms with van der Waals surface area (Å²) in [5.74, 6) is 0.157. The fourth-order valence-electron chi connectivity index (χ4n) is 2.83. The van der Waals surface area contributed by atoms with Gasteiger partial charge in [0.15, 0.2) is 10.8 Å². The number of hydrogen-bond acceptors (Lipinski definition) is 5. The van der Waals surface area contributed by atoms with Crippen molar-refractivity contribution in [1.29, 1.82) is 0 Å². The molecule has 0 unspecified atom stereocenters. The zero-order valence-electron chi connectivity index (χ0n) is 15.0. The molecule has 148 valence electrons. The Morgan fingerprint density at radius 2 is 1.76 bits per heavy atom. The van der Waals surface area contributed by atoms with E-state index in [1.807, 2.05) is 30.3 Å². The normalized spacial score (nSPS) is 11.7. The number of H-pyrrole nitrogens is 1. The second-order valence-corrected chi connectivity index (χ2v) is 7.14. The molecular weight excluding hydrogens is 401 g/mol. The number of imidazole rings is 1. The van der Waals surface area contributed by atoms with Crippen LogP contribution in [0.15, 0.2) is 66.1 Å². The van der Waals surface area contributed by atoms with Gasteiger partial charge in [-0.2, -0.15) is 0 Å². The topological polar surface area (TPSA) is 63.7 Å². The number of benzene rings is 2. The molecule has 0 amide bonds. The van der Waals surface area contributed by atoms with Gasteiger partial charge in [0.05, 0.1) is 12.0 Å². The first-order chi connectivity index (χ1) is 14.0. The standard InChI is InChI=1S/C20H15F3N4OS/c21-20(22,23)28-15-8-4-7-14(9-15)11-29-19-26-16(10-13-5-2-1-3-6-13)17-18(27-19)25-12-24-17/h1-9,12H,10-11H2,(H,24,25,26,27). The molecule has 9 heteroatoms. The van der Waals surface area contributed by atoms with Crippen molar-refractivity contribution in [3.05, 3.63) is 77.7 Å². The smallest absolute Gasteiger partial charge is 0.406 e. The van der Waals surface area contributed by atoms with E-state index >= 15 is 0 Å². The Morgan fingerprint density at radius 3 is 2.55 bits per heavy atom. The maximum absolute atomic E-state index is 12.4. The first-order valence-corrected chi connectivity index (χ1v) is 9.66. The lowest BCUT2D eigenvalue weighted by atomic mass is 10.1. The Kier molecular flexibility index (Phi) is 5.39. The zero-order chi connectivity index (χ0) is 20.3. The van der Waals surface area contributed by atoms with Gasteiger partial charge in [0.1, 0.15) is 11.3 Å². The van der Waals surface area contributed by atoms with E-state index in [2.05, 4.69) is 24.7 Å². The summed E-state index contributed by atoms with van der Waals surface area (Å²) < 4.78 is 41.2. The number of ether oxygens (including phenoxy) is 1. The number of rotatable bonds is 6. The second-order valence-electron chi connectivity index (χ2n) is 6.20. The third-order valence-electron chi connectivity index (χ3n) is 4.04. The van der Waals surface area contributed by atoms with Crippen LogP contribution in [0.25, 0.3) is 11.2 Å². The number of aromatic nitrogens is 4. The quantitative estimate of drug-likeness (QED) is 0.349. The maximum atomic E-state index is 12.4. The van der Waals surface area contributed by atoms with Crippen LogP contribution < -0.4 is 4.74 Å². The van der Waals surface area contributed by atoms with E-state index in [0.29, 0.717) is 34.1 Å². The number of hydrogen-bond donors (Lipinski definition) is 1. The molecule has 2 heterocycles. The van der Waals surface area contributed by atoms with Crippen molar-refractivity contribution in [2.24, 2.45) is 0 Å². The van der Waals surface area contributed by atoms with Gasteiger partial charge >= 0.3 is 6.36 Å². The van der Waals surface area contributed by atoms with Crippen LogP contribution in [0.1, 0.15) is 16.8 Å². The SMILES string of the molecule is FC(F)(F)Oc1cccc(CSc2nc(Cc3ccccc3)c3nc[nH]c3n2)c1. The van der Waals surface area contributed by atoms with Gasteiger partial charge in [0, 0.05) is 12.2 Å². The van der Waals surface area contributed by atoms with Crippen LogP contribution >= 0.6 is 11.8 Å². The lowest BCUT2D eigenvalue weighted by molar-refractivity contribution is -0.274. The van der Waals surface area contributed by atoms with Crippen LogP contribution in [0.2, 0.25) is 0 Å². The molecule has 29 heavy (non-hydrogen) atoms. The molecule has 4 rings (SSSR count). The molecule has 0 spiro atoms. The number of aromatic amines is 1. The van der Waals surface area contributed by atoms with Crippen molar-refractivity contribution < 1.29 is 17.9 Å². The third-order valence-corrected chi connectivity index (χ3v) is 4.96. The summed E-state index contributed by atoms with van der Waals surface area (Å²) in [6, 6.07) is 15.8. The highest BCUT2D eigenvalue weighted by Crippen LogP contribution is 2.27. The fraction of sp³-hybridized carbons (Fsp3) is 0.150. The van der Waals surface area contributed by atoms with E-state index in [0.717, 1.165) is 11.3 Å². The van der Waals surface area contributed by atoms with E-state index in [4.69, 9.17) is 0 Å². The molecule has 0 saturated carbocycles. The Balaban J connectivity index is 1.53. The first-order valence-electron chi connectivity index (χ1n) is 8.68. The molecule has 0 saturated heterocycles. The Labute approximate surface area is 168 Å². The summed E-state index contributed by atoms with van der Waals surface area (Å²) in [6.07, 6.45) is -2.54. The molecule has 2 aromatic carbocycles. The van der Waals surface area contributed by atoms with E-state index in [-0.39, 0.29) is 5.75 Å². The second kappa shape index (κ2) is 8.12.